The monoisotopic (exact) mass is 513 g/mol. The summed E-state index contributed by atoms with van der Waals surface area (Å²) in [6.45, 7) is 5.38. The summed E-state index contributed by atoms with van der Waals surface area (Å²) in [7, 11) is 0. The van der Waals surface area contributed by atoms with Gasteiger partial charge in [0.05, 0.1) is 23.3 Å². The summed E-state index contributed by atoms with van der Waals surface area (Å²) in [6, 6.07) is 0. The molecule has 0 unspecified atom stereocenters. The number of hydrogen-bond acceptors (Lipinski definition) is 7. The van der Waals surface area contributed by atoms with Crippen LogP contribution in [0.2, 0.25) is 5.02 Å². The molecule has 2 aromatic heterocycles. The number of aromatic nitrogens is 2. The molecule has 0 atom stereocenters. The largest absolute Gasteiger partial charge is 0.462 e. The lowest BCUT2D eigenvalue weighted by Gasteiger charge is -2.11. The van der Waals surface area contributed by atoms with Gasteiger partial charge in [-0.1, -0.05) is 11.6 Å². The fourth-order valence-corrected chi connectivity index (χ4v) is 4.16. The summed E-state index contributed by atoms with van der Waals surface area (Å²) in [5.74, 6) is -2.55. The van der Waals surface area contributed by atoms with Gasteiger partial charge in [0, 0.05) is 0 Å². The van der Waals surface area contributed by atoms with Gasteiger partial charge < -0.3 is 14.8 Å². The molecule has 14 heteroatoms. The van der Waals surface area contributed by atoms with Crippen LogP contribution in [0.25, 0.3) is 0 Å². The molecule has 2 heterocycles. The quantitative estimate of drug-likeness (QED) is 0.367. The first-order valence-corrected chi connectivity index (χ1v) is 10.7. The Kier molecular flexibility index (Phi) is 8.83. The zero-order chi connectivity index (χ0) is 25.0. The van der Waals surface area contributed by atoms with Crippen molar-refractivity contribution in [1.82, 2.24) is 9.78 Å². The third-order valence-corrected chi connectivity index (χ3v) is 5.65. The number of hydrogen-bond donors (Lipinski definition) is 1. The SMILES string of the molecule is CCOC(=O)c1sc(NC(=O)Cn2nc(C(F)F)c(Cl)c2C(F)F)c(C(=O)OC(C)C)c1C. The van der Waals surface area contributed by atoms with Gasteiger partial charge in [-0.15, -0.1) is 11.3 Å². The molecule has 1 N–H and O–H groups in total. The Hall–Kier alpha value is -2.67. The van der Waals surface area contributed by atoms with Gasteiger partial charge in [0.1, 0.15) is 27.8 Å². The molecule has 0 saturated carbocycles. The smallest absolute Gasteiger partial charge is 0.348 e. The number of ether oxygens (including phenoxy) is 2. The van der Waals surface area contributed by atoms with Crippen LogP contribution in [0.4, 0.5) is 22.6 Å². The van der Waals surface area contributed by atoms with Crippen LogP contribution in [0, 0.1) is 6.92 Å². The van der Waals surface area contributed by atoms with Crippen LogP contribution in [-0.2, 0) is 20.8 Å². The first-order chi connectivity index (χ1) is 15.4. The number of nitrogens with one attached hydrogen (secondary N) is 1. The summed E-state index contributed by atoms with van der Waals surface area (Å²) in [6.07, 6.45) is -7.02. The van der Waals surface area contributed by atoms with E-state index in [4.69, 9.17) is 21.1 Å². The second kappa shape index (κ2) is 11.0. The van der Waals surface area contributed by atoms with Crippen LogP contribution in [0.15, 0.2) is 0 Å². The Bertz CT molecular complexity index is 1050. The zero-order valence-corrected chi connectivity index (χ0v) is 19.5. The predicted octanol–water partition coefficient (Wildman–Crippen LogP) is 5.16. The Morgan fingerprint density at radius 1 is 1.15 bits per heavy atom. The van der Waals surface area contributed by atoms with E-state index in [-0.39, 0.29) is 27.6 Å². The number of alkyl halides is 4. The van der Waals surface area contributed by atoms with Gasteiger partial charge in [0.15, 0.2) is 0 Å². The molecule has 0 aromatic carbocycles. The lowest BCUT2D eigenvalue weighted by atomic mass is 10.1. The van der Waals surface area contributed by atoms with E-state index in [1.54, 1.807) is 20.8 Å². The number of halogens is 5. The maximum absolute atomic E-state index is 13.3. The summed E-state index contributed by atoms with van der Waals surface area (Å²) in [4.78, 5) is 37.4. The average Bonchev–Trinajstić information content (AvgIpc) is 3.18. The first-order valence-electron chi connectivity index (χ1n) is 9.52. The van der Waals surface area contributed by atoms with Crippen LogP contribution in [0.3, 0.4) is 0 Å². The van der Waals surface area contributed by atoms with Crippen molar-refractivity contribution in [1.29, 1.82) is 0 Å². The molecule has 0 radical (unpaired) electrons. The van der Waals surface area contributed by atoms with E-state index < -0.39 is 59.8 Å². The predicted molar refractivity (Wildman–Crippen MR) is 111 cm³/mol. The van der Waals surface area contributed by atoms with Crippen LogP contribution < -0.4 is 5.32 Å². The van der Waals surface area contributed by atoms with E-state index in [2.05, 4.69) is 10.4 Å². The Labute approximate surface area is 194 Å². The van der Waals surface area contributed by atoms with Gasteiger partial charge in [0.25, 0.3) is 12.9 Å². The molecule has 0 fully saturated rings. The van der Waals surface area contributed by atoms with Gasteiger partial charge in [0.2, 0.25) is 5.91 Å². The van der Waals surface area contributed by atoms with Crippen molar-refractivity contribution < 1.29 is 41.4 Å². The molecule has 0 aliphatic heterocycles. The van der Waals surface area contributed by atoms with Crippen molar-refractivity contribution in [2.45, 2.75) is 53.2 Å². The second-order valence-corrected chi connectivity index (χ2v) is 8.23. The van der Waals surface area contributed by atoms with Gasteiger partial charge in [-0.3, -0.25) is 9.48 Å². The van der Waals surface area contributed by atoms with Crippen molar-refractivity contribution in [3.63, 3.8) is 0 Å². The highest BCUT2D eigenvalue weighted by Gasteiger charge is 2.31. The van der Waals surface area contributed by atoms with E-state index in [1.165, 1.54) is 6.92 Å². The molecule has 33 heavy (non-hydrogen) atoms. The van der Waals surface area contributed by atoms with Crippen molar-refractivity contribution >= 4 is 45.8 Å². The molecule has 0 saturated heterocycles. The highest BCUT2D eigenvalue weighted by atomic mass is 35.5. The molecule has 182 valence electrons. The van der Waals surface area contributed by atoms with Crippen LogP contribution >= 0.6 is 22.9 Å². The lowest BCUT2D eigenvalue weighted by Crippen LogP contribution is -2.22. The van der Waals surface area contributed by atoms with Gasteiger partial charge in [-0.05, 0) is 33.3 Å². The zero-order valence-electron chi connectivity index (χ0n) is 17.9. The number of carbonyl (C=O) groups is 3. The number of anilines is 1. The number of esters is 2. The highest BCUT2D eigenvalue weighted by Crippen LogP contribution is 2.36. The van der Waals surface area contributed by atoms with Gasteiger partial charge >= 0.3 is 11.9 Å². The third kappa shape index (κ3) is 6.02. The number of carbonyl (C=O) groups excluding carboxylic acids is 3. The minimum Gasteiger partial charge on any atom is -0.462 e. The fraction of sp³-hybridized carbons (Fsp3) is 0.474. The normalized spacial score (nSPS) is 11.4. The molecule has 2 rings (SSSR count). The van der Waals surface area contributed by atoms with Crippen molar-refractivity contribution in [2.75, 3.05) is 11.9 Å². The number of nitrogens with zero attached hydrogens (tertiary/aromatic N) is 2. The van der Waals surface area contributed by atoms with E-state index in [9.17, 15) is 31.9 Å². The highest BCUT2D eigenvalue weighted by molar-refractivity contribution is 7.18. The standard InChI is InChI=1S/C19H20ClF4N3O5S/c1-5-31-19(30)14-8(4)10(18(29)32-7(2)3)17(33-14)25-9(28)6-27-13(16(23)24)11(20)12(26-27)15(21)22/h7,15-16H,5-6H2,1-4H3,(H,25,28). The Balaban J connectivity index is 2.41. The molecule has 0 bridgehead atoms. The average molecular weight is 514 g/mol. The number of rotatable bonds is 9. The maximum atomic E-state index is 13.3. The third-order valence-electron chi connectivity index (χ3n) is 4.07. The van der Waals surface area contributed by atoms with E-state index in [1.807, 2.05) is 0 Å². The summed E-state index contributed by atoms with van der Waals surface area (Å²) >= 11 is 6.30. The van der Waals surface area contributed by atoms with Crippen molar-refractivity contribution in [3.05, 3.63) is 32.4 Å². The van der Waals surface area contributed by atoms with Crippen LogP contribution in [0.1, 0.15) is 70.6 Å². The van der Waals surface area contributed by atoms with E-state index in [0.717, 1.165) is 11.3 Å². The van der Waals surface area contributed by atoms with Crippen molar-refractivity contribution in [3.8, 4) is 0 Å². The Morgan fingerprint density at radius 3 is 2.30 bits per heavy atom. The molecule has 1 amide bonds. The minimum atomic E-state index is -3.28. The fourth-order valence-electron chi connectivity index (χ4n) is 2.75. The van der Waals surface area contributed by atoms with E-state index >= 15 is 0 Å². The lowest BCUT2D eigenvalue weighted by molar-refractivity contribution is -0.117. The van der Waals surface area contributed by atoms with E-state index in [0.29, 0.717) is 4.68 Å². The van der Waals surface area contributed by atoms with Crippen molar-refractivity contribution in [2.24, 2.45) is 0 Å². The summed E-state index contributed by atoms with van der Waals surface area (Å²) in [5, 5.41) is 4.61. The summed E-state index contributed by atoms with van der Waals surface area (Å²) < 4.78 is 63.1. The van der Waals surface area contributed by atoms with Crippen LogP contribution in [-0.4, -0.2) is 40.3 Å². The number of amides is 1. The Morgan fingerprint density at radius 2 is 1.79 bits per heavy atom. The summed E-state index contributed by atoms with van der Waals surface area (Å²) in [5.41, 5.74) is -2.06. The first kappa shape index (κ1) is 26.6. The minimum absolute atomic E-state index is 0.0262. The van der Waals surface area contributed by atoms with Crippen LogP contribution in [0.5, 0.6) is 0 Å². The molecule has 2 aromatic rings. The van der Waals surface area contributed by atoms with Gasteiger partial charge in [-0.25, -0.2) is 27.2 Å². The second-order valence-electron chi connectivity index (χ2n) is 6.83. The maximum Gasteiger partial charge on any atom is 0.348 e. The molecule has 0 aliphatic carbocycles. The molecule has 0 spiro atoms. The number of thiophene rings is 1. The topological polar surface area (TPSA) is 99.5 Å². The molecular weight excluding hydrogens is 494 g/mol. The molecular formula is C19H20ClF4N3O5S. The molecule has 8 nitrogen and oxygen atoms in total. The van der Waals surface area contributed by atoms with Gasteiger partial charge in [-0.2, -0.15) is 5.10 Å². The molecule has 0 aliphatic rings.